The Morgan fingerprint density at radius 3 is 2.18 bits per heavy atom. The molecule has 0 aliphatic heterocycles. The molecule has 0 bridgehead atoms. The summed E-state index contributed by atoms with van der Waals surface area (Å²) >= 11 is 0. The van der Waals surface area contributed by atoms with Crippen LogP contribution >= 0.6 is 0 Å². The number of aliphatic hydroxyl groups is 2. The Balaban J connectivity index is 1.87. The highest BCUT2D eigenvalue weighted by molar-refractivity contribution is 6.06. The number of hydrogen-bond donors (Lipinski definition) is 3. The SMILES string of the molecule is COC(=O)C[C@H](O)C[C@H](O)/C=C/c1c(-c2ccc(F)cc2)c(-c2ccccc2)c(C(=O)NCc2ccc(OC)c(C(=O)OC)c2)n1C(C)C. The Morgan fingerprint density at radius 2 is 1.57 bits per heavy atom. The zero-order valence-corrected chi connectivity index (χ0v) is 28.1. The lowest BCUT2D eigenvalue weighted by Crippen LogP contribution is -2.27. The number of ether oxygens (including phenoxy) is 3. The van der Waals surface area contributed by atoms with Gasteiger partial charge in [-0.15, -0.1) is 0 Å². The molecule has 4 rings (SSSR count). The summed E-state index contributed by atoms with van der Waals surface area (Å²) < 4.78 is 30.8. The van der Waals surface area contributed by atoms with Crippen molar-refractivity contribution < 1.29 is 43.2 Å². The van der Waals surface area contributed by atoms with Gasteiger partial charge in [0.05, 0.1) is 40.0 Å². The number of amides is 1. The Labute approximate surface area is 284 Å². The molecule has 10 nitrogen and oxygen atoms in total. The Bertz CT molecular complexity index is 1800. The molecular weight excluding hydrogens is 631 g/mol. The summed E-state index contributed by atoms with van der Waals surface area (Å²) in [5.74, 6) is -1.69. The van der Waals surface area contributed by atoms with Crippen LogP contribution in [-0.4, -0.2) is 66.2 Å². The van der Waals surface area contributed by atoms with Crippen LogP contribution in [0.25, 0.3) is 28.3 Å². The van der Waals surface area contributed by atoms with E-state index in [0.717, 1.165) is 5.56 Å². The van der Waals surface area contributed by atoms with E-state index in [-0.39, 0.29) is 31.0 Å². The molecular formula is C38H41FN2O8. The first-order chi connectivity index (χ1) is 23.5. The Hall–Kier alpha value is -5.26. The van der Waals surface area contributed by atoms with Gasteiger partial charge in [-0.25, -0.2) is 9.18 Å². The normalized spacial score (nSPS) is 12.5. The van der Waals surface area contributed by atoms with Gasteiger partial charge in [0.1, 0.15) is 22.8 Å². The molecule has 0 aliphatic carbocycles. The number of benzene rings is 3. The van der Waals surface area contributed by atoms with E-state index in [1.165, 1.54) is 39.5 Å². The second-order valence-corrected chi connectivity index (χ2v) is 11.6. The van der Waals surface area contributed by atoms with Crippen molar-refractivity contribution in [2.24, 2.45) is 0 Å². The van der Waals surface area contributed by atoms with Crippen LogP contribution in [0.2, 0.25) is 0 Å². The van der Waals surface area contributed by atoms with Crippen molar-refractivity contribution in [1.29, 1.82) is 0 Å². The molecule has 1 amide bonds. The number of nitrogens with zero attached hydrogens (tertiary/aromatic N) is 1. The fourth-order valence-corrected chi connectivity index (χ4v) is 5.64. The van der Waals surface area contributed by atoms with E-state index in [1.807, 2.05) is 48.7 Å². The summed E-state index contributed by atoms with van der Waals surface area (Å²) in [6.45, 7) is 3.90. The van der Waals surface area contributed by atoms with Crippen molar-refractivity contribution in [3.8, 4) is 28.0 Å². The maximum atomic E-state index is 14.3. The predicted molar refractivity (Wildman–Crippen MR) is 183 cm³/mol. The summed E-state index contributed by atoms with van der Waals surface area (Å²) in [7, 11) is 3.94. The minimum Gasteiger partial charge on any atom is -0.496 e. The molecule has 0 unspecified atom stereocenters. The molecule has 0 aliphatic rings. The lowest BCUT2D eigenvalue weighted by atomic mass is 9.94. The highest BCUT2D eigenvalue weighted by Crippen LogP contribution is 2.42. The van der Waals surface area contributed by atoms with E-state index in [9.17, 15) is 29.0 Å². The van der Waals surface area contributed by atoms with Gasteiger partial charge in [-0.05, 0) is 60.9 Å². The third-order valence-electron chi connectivity index (χ3n) is 7.91. The molecule has 4 aromatic rings. The fraction of sp³-hybridized carbons (Fsp3) is 0.289. The number of nitrogens with one attached hydrogen (secondary N) is 1. The molecule has 0 fully saturated rings. The van der Waals surface area contributed by atoms with Gasteiger partial charge in [0, 0.05) is 35.8 Å². The number of rotatable bonds is 14. The first kappa shape index (κ1) is 36.6. The van der Waals surface area contributed by atoms with Gasteiger partial charge in [-0.2, -0.15) is 0 Å². The molecule has 1 aromatic heterocycles. The van der Waals surface area contributed by atoms with Crippen molar-refractivity contribution in [3.63, 3.8) is 0 Å². The van der Waals surface area contributed by atoms with Crippen molar-refractivity contribution in [2.45, 2.75) is 51.5 Å². The number of carbonyl (C=O) groups is 3. The van der Waals surface area contributed by atoms with Gasteiger partial charge in [0.15, 0.2) is 0 Å². The average Bonchev–Trinajstić information content (AvgIpc) is 3.45. The van der Waals surface area contributed by atoms with Crippen LogP contribution in [0.1, 0.15) is 64.8 Å². The number of carbonyl (C=O) groups excluding carboxylic acids is 3. The first-order valence-corrected chi connectivity index (χ1v) is 15.7. The van der Waals surface area contributed by atoms with Crippen LogP contribution in [-0.2, 0) is 20.8 Å². The van der Waals surface area contributed by atoms with Gasteiger partial charge >= 0.3 is 11.9 Å². The number of hydrogen-bond acceptors (Lipinski definition) is 8. The standard InChI is InChI=1S/C38H41FN2O8/c1-23(2)41-31(17-16-28(42)20-29(43)21-33(44)48-4)34(26-12-14-27(39)15-13-26)35(25-9-7-6-8-10-25)36(41)37(45)40-22-24-11-18-32(47-3)30(19-24)38(46)49-5/h6-19,23,28-29,42-43H,20-22H2,1-5H3,(H,40,45)/b17-16+/t28-,29-/m1/s1. The van der Waals surface area contributed by atoms with E-state index in [1.54, 1.807) is 36.4 Å². The highest BCUT2D eigenvalue weighted by Gasteiger charge is 2.29. The molecule has 0 saturated carbocycles. The van der Waals surface area contributed by atoms with Gasteiger partial charge < -0.3 is 34.3 Å². The van der Waals surface area contributed by atoms with E-state index < -0.39 is 35.9 Å². The quantitative estimate of drug-likeness (QED) is 0.140. The largest absolute Gasteiger partial charge is 0.496 e. The fourth-order valence-electron chi connectivity index (χ4n) is 5.64. The third-order valence-corrected chi connectivity index (χ3v) is 7.91. The molecule has 49 heavy (non-hydrogen) atoms. The summed E-state index contributed by atoms with van der Waals surface area (Å²) in [5.41, 5.74) is 4.30. The lowest BCUT2D eigenvalue weighted by molar-refractivity contribution is -0.143. The smallest absolute Gasteiger partial charge is 0.341 e. The van der Waals surface area contributed by atoms with Crippen molar-refractivity contribution >= 4 is 23.9 Å². The molecule has 3 aromatic carbocycles. The molecule has 258 valence electrons. The molecule has 2 atom stereocenters. The Kier molecular flexibility index (Phi) is 12.5. The van der Waals surface area contributed by atoms with Crippen LogP contribution in [0.4, 0.5) is 4.39 Å². The summed E-state index contributed by atoms with van der Waals surface area (Å²) in [5, 5.41) is 24.2. The third kappa shape index (κ3) is 8.81. The van der Waals surface area contributed by atoms with Crippen LogP contribution in [0.5, 0.6) is 5.75 Å². The first-order valence-electron chi connectivity index (χ1n) is 15.7. The summed E-state index contributed by atoms with van der Waals surface area (Å²) in [4.78, 5) is 38.3. The second kappa shape index (κ2) is 16.7. The number of aliphatic hydroxyl groups excluding tert-OH is 2. The minimum atomic E-state index is -1.15. The maximum absolute atomic E-state index is 14.3. The molecule has 0 radical (unpaired) electrons. The van der Waals surface area contributed by atoms with E-state index in [2.05, 4.69) is 10.1 Å². The molecule has 3 N–H and O–H groups in total. The highest BCUT2D eigenvalue weighted by atomic mass is 19.1. The number of methoxy groups -OCH3 is 3. The topological polar surface area (TPSA) is 136 Å². The summed E-state index contributed by atoms with van der Waals surface area (Å²) in [6.07, 6.45) is 0.469. The van der Waals surface area contributed by atoms with Gasteiger partial charge in [0.25, 0.3) is 5.91 Å². The zero-order chi connectivity index (χ0) is 35.7. The Morgan fingerprint density at radius 1 is 0.898 bits per heavy atom. The van der Waals surface area contributed by atoms with E-state index >= 15 is 0 Å². The van der Waals surface area contributed by atoms with Crippen LogP contribution < -0.4 is 10.1 Å². The van der Waals surface area contributed by atoms with E-state index in [4.69, 9.17) is 9.47 Å². The van der Waals surface area contributed by atoms with Crippen LogP contribution in [0.3, 0.4) is 0 Å². The second-order valence-electron chi connectivity index (χ2n) is 11.6. The minimum absolute atomic E-state index is 0.0676. The summed E-state index contributed by atoms with van der Waals surface area (Å²) in [6, 6.07) is 19.9. The molecule has 11 heteroatoms. The monoisotopic (exact) mass is 672 g/mol. The van der Waals surface area contributed by atoms with Crippen molar-refractivity contribution in [3.05, 3.63) is 107 Å². The molecule has 0 spiro atoms. The van der Waals surface area contributed by atoms with Gasteiger partial charge in [0.2, 0.25) is 0 Å². The molecule has 1 heterocycles. The zero-order valence-electron chi connectivity index (χ0n) is 28.1. The lowest BCUT2D eigenvalue weighted by Gasteiger charge is -2.18. The van der Waals surface area contributed by atoms with Gasteiger partial charge in [-0.3, -0.25) is 9.59 Å². The van der Waals surface area contributed by atoms with Crippen LogP contribution in [0.15, 0.2) is 78.9 Å². The number of halogens is 1. The van der Waals surface area contributed by atoms with Crippen molar-refractivity contribution in [2.75, 3.05) is 21.3 Å². The predicted octanol–water partition coefficient (Wildman–Crippen LogP) is 5.96. The van der Waals surface area contributed by atoms with E-state index in [0.29, 0.717) is 39.4 Å². The maximum Gasteiger partial charge on any atom is 0.341 e. The average molecular weight is 673 g/mol. The number of aromatic nitrogens is 1. The molecule has 0 saturated heterocycles. The van der Waals surface area contributed by atoms with Crippen LogP contribution in [0, 0.1) is 5.82 Å². The number of esters is 2. The van der Waals surface area contributed by atoms with Crippen molar-refractivity contribution in [1.82, 2.24) is 9.88 Å². The van der Waals surface area contributed by atoms with Gasteiger partial charge in [-0.1, -0.05) is 54.6 Å².